The number of hydrogen-bond acceptors (Lipinski definition) is 3. The van der Waals surface area contributed by atoms with Crippen LogP contribution in [-0.4, -0.2) is 21.7 Å². The van der Waals surface area contributed by atoms with Crippen LogP contribution in [0.15, 0.2) is 36.5 Å². The molecule has 0 aliphatic carbocycles. The molecule has 0 bridgehead atoms. The summed E-state index contributed by atoms with van der Waals surface area (Å²) in [5.74, 6) is 0.679. The molecule has 0 fully saturated rings. The molecule has 0 aliphatic heterocycles. The Labute approximate surface area is 148 Å². The first kappa shape index (κ1) is 15.2. The van der Waals surface area contributed by atoms with Crippen molar-refractivity contribution in [2.24, 2.45) is 0 Å². The van der Waals surface area contributed by atoms with E-state index in [0.29, 0.717) is 16.0 Å². The van der Waals surface area contributed by atoms with Crippen molar-refractivity contribution < 1.29 is 0 Å². The normalized spacial score (nSPS) is 11.3. The average molecular weight is 360 g/mol. The molecule has 0 radical (unpaired) electrons. The third-order valence-electron chi connectivity index (χ3n) is 4.02. The van der Waals surface area contributed by atoms with Gasteiger partial charge in [0.1, 0.15) is 0 Å². The largest absolute Gasteiger partial charge is 0.359 e. The van der Waals surface area contributed by atoms with E-state index in [1.807, 2.05) is 55.2 Å². The van der Waals surface area contributed by atoms with E-state index in [1.54, 1.807) is 0 Å². The SMILES string of the molecule is CNn1c(Nc2c[nH]c3ccc(Cl)cc23)nc2cc(Cl)cc(C)c21. The molecular weight excluding hydrogens is 345 g/mol. The van der Waals surface area contributed by atoms with Gasteiger partial charge in [0.2, 0.25) is 5.95 Å². The fraction of sp³-hybridized carbons (Fsp3) is 0.118. The predicted octanol–water partition coefficient (Wildman–Crippen LogP) is 5.05. The second-order valence-electron chi connectivity index (χ2n) is 5.60. The number of halogens is 2. The van der Waals surface area contributed by atoms with Gasteiger partial charge < -0.3 is 15.7 Å². The molecule has 2 heterocycles. The topological polar surface area (TPSA) is 57.7 Å². The van der Waals surface area contributed by atoms with Crippen LogP contribution in [-0.2, 0) is 0 Å². The standard InChI is InChI=1S/C17H15Cl2N5/c1-9-5-11(19)7-14-16(9)24(20-2)17(22-14)23-15-8-21-13-4-3-10(18)6-12(13)15/h3-8,20-21H,1-2H3,(H,22,23). The highest BCUT2D eigenvalue weighted by atomic mass is 35.5. The zero-order chi connectivity index (χ0) is 16.8. The maximum Gasteiger partial charge on any atom is 0.227 e. The van der Waals surface area contributed by atoms with Crippen molar-refractivity contribution in [2.75, 3.05) is 17.8 Å². The number of nitrogens with one attached hydrogen (secondary N) is 3. The van der Waals surface area contributed by atoms with Crippen LogP contribution in [0.1, 0.15) is 5.56 Å². The minimum atomic E-state index is 0.672. The first-order chi connectivity index (χ1) is 11.6. The molecule has 122 valence electrons. The Morgan fingerprint density at radius 1 is 1.12 bits per heavy atom. The van der Waals surface area contributed by atoms with Crippen molar-refractivity contribution in [1.82, 2.24) is 14.6 Å². The summed E-state index contributed by atoms with van der Waals surface area (Å²) >= 11 is 12.3. The van der Waals surface area contributed by atoms with Crippen molar-refractivity contribution in [2.45, 2.75) is 6.92 Å². The quantitative estimate of drug-likeness (QED) is 0.479. The minimum Gasteiger partial charge on any atom is -0.359 e. The third-order valence-corrected chi connectivity index (χ3v) is 4.47. The molecule has 4 aromatic rings. The highest BCUT2D eigenvalue weighted by molar-refractivity contribution is 6.31. The van der Waals surface area contributed by atoms with Crippen LogP contribution >= 0.6 is 23.2 Å². The van der Waals surface area contributed by atoms with Crippen LogP contribution in [0.4, 0.5) is 11.6 Å². The zero-order valence-corrected chi connectivity index (χ0v) is 14.6. The highest BCUT2D eigenvalue weighted by Crippen LogP contribution is 2.31. The second-order valence-corrected chi connectivity index (χ2v) is 6.47. The molecule has 5 nitrogen and oxygen atoms in total. The van der Waals surface area contributed by atoms with E-state index in [-0.39, 0.29) is 0 Å². The summed E-state index contributed by atoms with van der Waals surface area (Å²) in [6.45, 7) is 2.01. The first-order valence-electron chi connectivity index (χ1n) is 7.47. The van der Waals surface area contributed by atoms with Crippen LogP contribution in [0.5, 0.6) is 0 Å². The summed E-state index contributed by atoms with van der Waals surface area (Å²) in [6.07, 6.45) is 1.90. The van der Waals surface area contributed by atoms with E-state index in [2.05, 4.69) is 20.7 Å². The van der Waals surface area contributed by atoms with E-state index in [1.165, 1.54) is 0 Å². The molecule has 0 saturated carbocycles. The lowest BCUT2D eigenvalue weighted by molar-refractivity contribution is 0.962. The van der Waals surface area contributed by atoms with Gasteiger partial charge in [-0.3, -0.25) is 0 Å². The van der Waals surface area contributed by atoms with Crippen LogP contribution in [0.25, 0.3) is 21.9 Å². The highest BCUT2D eigenvalue weighted by Gasteiger charge is 2.14. The molecule has 0 aliphatic rings. The van der Waals surface area contributed by atoms with Crippen molar-refractivity contribution in [3.8, 4) is 0 Å². The van der Waals surface area contributed by atoms with Crippen LogP contribution in [0, 0.1) is 6.92 Å². The Morgan fingerprint density at radius 2 is 1.96 bits per heavy atom. The fourth-order valence-corrected chi connectivity index (χ4v) is 3.42. The molecule has 7 heteroatoms. The van der Waals surface area contributed by atoms with E-state index >= 15 is 0 Å². The van der Waals surface area contributed by atoms with Crippen molar-refractivity contribution in [1.29, 1.82) is 0 Å². The number of hydrogen-bond donors (Lipinski definition) is 3. The summed E-state index contributed by atoms with van der Waals surface area (Å²) in [4.78, 5) is 7.89. The van der Waals surface area contributed by atoms with Gasteiger partial charge in [-0.15, -0.1) is 0 Å². The molecule has 24 heavy (non-hydrogen) atoms. The molecule has 2 aromatic carbocycles. The predicted molar refractivity (Wildman–Crippen MR) is 101 cm³/mol. The average Bonchev–Trinajstić information content (AvgIpc) is 3.08. The maximum absolute atomic E-state index is 6.16. The number of nitrogens with zero attached hydrogens (tertiary/aromatic N) is 2. The molecule has 3 N–H and O–H groups in total. The molecule has 0 amide bonds. The number of fused-ring (bicyclic) bond motifs is 2. The van der Waals surface area contributed by atoms with Crippen LogP contribution < -0.4 is 10.7 Å². The summed E-state index contributed by atoms with van der Waals surface area (Å²) in [7, 11) is 1.85. The fourth-order valence-electron chi connectivity index (χ4n) is 2.98. The van der Waals surface area contributed by atoms with E-state index < -0.39 is 0 Å². The second kappa shape index (κ2) is 5.61. The molecular formula is C17H15Cl2N5. The number of imidazole rings is 1. The maximum atomic E-state index is 6.16. The van der Waals surface area contributed by atoms with Gasteiger partial charge in [0.15, 0.2) is 0 Å². The molecule has 0 saturated heterocycles. The molecule has 0 atom stereocenters. The van der Waals surface area contributed by atoms with E-state index in [4.69, 9.17) is 23.2 Å². The number of aromatic nitrogens is 3. The number of rotatable bonds is 3. The van der Waals surface area contributed by atoms with Crippen molar-refractivity contribution >= 4 is 56.8 Å². The van der Waals surface area contributed by atoms with Gasteiger partial charge in [-0.25, -0.2) is 9.66 Å². The Balaban J connectivity index is 1.87. The lowest BCUT2D eigenvalue weighted by Crippen LogP contribution is -2.12. The number of aryl methyl sites for hydroxylation is 1. The molecule has 2 aromatic heterocycles. The Hall–Kier alpha value is -2.37. The van der Waals surface area contributed by atoms with Crippen LogP contribution in [0.3, 0.4) is 0 Å². The first-order valence-corrected chi connectivity index (χ1v) is 8.22. The van der Waals surface area contributed by atoms with Gasteiger partial charge in [-0.05, 0) is 42.8 Å². The third kappa shape index (κ3) is 2.37. The van der Waals surface area contributed by atoms with Gasteiger partial charge in [0.05, 0.1) is 16.7 Å². The van der Waals surface area contributed by atoms with Crippen molar-refractivity contribution in [3.63, 3.8) is 0 Å². The minimum absolute atomic E-state index is 0.672. The zero-order valence-electron chi connectivity index (χ0n) is 13.1. The summed E-state index contributed by atoms with van der Waals surface area (Å²) in [5, 5.41) is 5.73. The molecule has 4 rings (SSSR count). The van der Waals surface area contributed by atoms with Gasteiger partial charge in [-0.1, -0.05) is 23.2 Å². The van der Waals surface area contributed by atoms with Crippen LogP contribution in [0.2, 0.25) is 10.0 Å². The lowest BCUT2D eigenvalue weighted by atomic mass is 10.2. The summed E-state index contributed by atoms with van der Waals surface area (Å²) in [6, 6.07) is 9.51. The lowest BCUT2D eigenvalue weighted by Gasteiger charge is -2.10. The summed E-state index contributed by atoms with van der Waals surface area (Å²) < 4.78 is 1.91. The smallest absolute Gasteiger partial charge is 0.227 e. The Bertz CT molecular complexity index is 1060. The van der Waals surface area contributed by atoms with Gasteiger partial charge in [0, 0.05) is 34.2 Å². The van der Waals surface area contributed by atoms with Gasteiger partial charge in [-0.2, -0.15) is 0 Å². The molecule has 0 spiro atoms. The van der Waals surface area contributed by atoms with Gasteiger partial charge in [0.25, 0.3) is 0 Å². The number of anilines is 2. The number of H-pyrrole nitrogens is 1. The Morgan fingerprint density at radius 3 is 2.75 bits per heavy atom. The van der Waals surface area contributed by atoms with E-state index in [0.717, 1.165) is 33.2 Å². The number of benzene rings is 2. The van der Waals surface area contributed by atoms with Crippen molar-refractivity contribution in [3.05, 3.63) is 52.1 Å². The summed E-state index contributed by atoms with van der Waals surface area (Å²) in [5.41, 5.74) is 7.94. The Kier molecular flexibility index (Phi) is 3.55. The molecule has 0 unspecified atom stereocenters. The van der Waals surface area contributed by atoms with E-state index in [9.17, 15) is 0 Å². The monoisotopic (exact) mass is 359 g/mol. The van der Waals surface area contributed by atoms with Gasteiger partial charge >= 0.3 is 0 Å². The number of aromatic amines is 1.